The fourth-order valence-corrected chi connectivity index (χ4v) is 2.76. The molecule has 0 saturated carbocycles. The van der Waals surface area contributed by atoms with Crippen molar-refractivity contribution < 1.29 is 5.21 Å². The van der Waals surface area contributed by atoms with Crippen LogP contribution in [0, 0.1) is 5.41 Å². The molecule has 0 fully saturated rings. The fourth-order valence-electron chi connectivity index (χ4n) is 2.51. The third kappa shape index (κ3) is 3.07. The topological polar surface area (TPSA) is 32.6 Å². The molecule has 19 heavy (non-hydrogen) atoms. The summed E-state index contributed by atoms with van der Waals surface area (Å²) in [5, 5.41) is 13.1. The number of rotatable bonds is 2. The predicted octanol–water partition coefficient (Wildman–Crippen LogP) is 4.93. The van der Waals surface area contributed by atoms with E-state index >= 15 is 0 Å². The molecular weight excluding hydrogens is 258 g/mol. The highest BCUT2D eigenvalue weighted by molar-refractivity contribution is 6.32. The van der Waals surface area contributed by atoms with Crippen LogP contribution in [0.25, 0.3) is 5.57 Å². The normalized spacial score (nSPS) is 20.2. The van der Waals surface area contributed by atoms with E-state index < -0.39 is 0 Å². The molecule has 1 aromatic rings. The predicted molar refractivity (Wildman–Crippen MR) is 80.8 cm³/mol. The summed E-state index contributed by atoms with van der Waals surface area (Å²) in [6.45, 7) is 8.47. The van der Waals surface area contributed by atoms with Crippen molar-refractivity contribution in [2.45, 2.75) is 26.7 Å². The van der Waals surface area contributed by atoms with Gasteiger partial charge in [-0.05, 0) is 47.1 Å². The molecule has 0 heterocycles. The van der Waals surface area contributed by atoms with Gasteiger partial charge in [0, 0.05) is 5.02 Å². The van der Waals surface area contributed by atoms with Crippen LogP contribution in [0.15, 0.2) is 47.6 Å². The van der Waals surface area contributed by atoms with Gasteiger partial charge in [-0.3, -0.25) is 0 Å². The second kappa shape index (κ2) is 5.22. The number of halogens is 1. The Morgan fingerprint density at radius 2 is 2.00 bits per heavy atom. The third-order valence-electron chi connectivity index (χ3n) is 3.38. The Morgan fingerprint density at radius 1 is 1.32 bits per heavy atom. The molecule has 2 rings (SSSR count). The Hall–Kier alpha value is -1.54. The molecule has 3 heteroatoms. The number of hydrogen-bond donors (Lipinski definition) is 1. The minimum absolute atomic E-state index is 0.0653. The van der Waals surface area contributed by atoms with Crippen molar-refractivity contribution in [3.05, 3.63) is 53.1 Å². The first kappa shape index (κ1) is 13.9. The molecule has 0 saturated heterocycles. The van der Waals surface area contributed by atoms with Crippen LogP contribution >= 0.6 is 11.6 Å². The minimum Gasteiger partial charge on any atom is -0.411 e. The lowest BCUT2D eigenvalue weighted by molar-refractivity contribution is 0.308. The summed E-state index contributed by atoms with van der Waals surface area (Å²) in [5.41, 5.74) is 3.68. The molecule has 1 aliphatic carbocycles. The van der Waals surface area contributed by atoms with Crippen LogP contribution in [0.5, 0.6) is 0 Å². The molecular formula is C16H18ClNO. The van der Waals surface area contributed by atoms with Gasteiger partial charge in [-0.25, -0.2) is 0 Å². The monoisotopic (exact) mass is 275 g/mol. The smallest absolute Gasteiger partial charge is 0.0804 e. The highest BCUT2D eigenvalue weighted by Crippen LogP contribution is 2.40. The SMILES string of the molecule is C=C(C1=C/C(=N/O)CC(C)(C)C1)c1ccccc1Cl. The first-order valence-corrected chi connectivity index (χ1v) is 6.66. The molecule has 100 valence electrons. The third-order valence-corrected chi connectivity index (χ3v) is 3.71. The maximum absolute atomic E-state index is 9.04. The van der Waals surface area contributed by atoms with Gasteiger partial charge in [-0.2, -0.15) is 0 Å². The largest absolute Gasteiger partial charge is 0.411 e. The average Bonchev–Trinajstić information content (AvgIpc) is 2.36. The number of benzene rings is 1. The van der Waals surface area contributed by atoms with Crippen LogP contribution < -0.4 is 0 Å². The summed E-state index contributed by atoms with van der Waals surface area (Å²) < 4.78 is 0. The Morgan fingerprint density at radius 3 is 2.63 bits per heavy atom. The highest BCUT2D eigenvalue weighted by atomic mass is 35.5. The first-order chi connectivity index (χ1) is 8.93. The molecule has 1 aromatic carbocycles. The quantitative estimate of drug-likeness (QED) is 0.602. The van der Waals surface area contributed by atoms with E-state index in [0.29, 0.717) is 10.7 Å². The second-order valence-electron chi connectivity index (χ2n) is 5.74. The van der Waals surface area contributed by atoms with Gasteiger partial charge in [0.25, 0.3) is 0 Å². The van der Waals surface area contributed by atoms with E-state index in [0.717, 1.165) is 29.6 Å². The van der Waals surface area contributed by atoms with Gasteiger partial charge in [-0.15, -0.1) is 0 Å². The maximum Gasteiger partial charge on any atom is 0.0804 e. The summed E-state index contributed by atoms with van der Waals surface area (Å²) in [6.07, 6.45) is 3.58. The van der Waals surface area contributed by atoms with E-state index in [9.17, 15) is 0 Å². The number of allylic oxidation sites excluding steroid dienone is 3. The van der Waals surface area contributed by atoms with Crippen molar-refractivity contribution in [2.24, 2.45) is 10.6 Å². The standard InChI is InChI=1S/C16H18ClNO/c1-11(14-6-4-5-7-15(14)17)12-8-13(18-19)10-16(2,3)9-12/h4-8,19H,1,9-10H2,2-3H3/b18-13-. The van der Waals surface area contributed by atoms with E-state index in [1.165, 1.54) is 0 Å². The molecule has 0 spiro atoms. The fraction of sp³-hybridized carbons (Fsp3) is 0.312. The van der Waals surface area contributed by atoms with E-state index in [1.54, 1.807) is 0 Å². The summed E-state index contributed by atoms with van der Waals surface area (Å²) in [7, 11) is 0. The van der Waals surface area contributed by atoms with Crippen LogP contribution in [0.4, 0.5) is 0 Å². The summed E-state index contributed by atoms with van der Waals surface area (Å²) >= 11 is 6.21. The van der Waals surface area contributed by atoms with Gasteiger partial charge < -0.3 is 5.21 Å². The van der Waals surface area contributed by atoms with Crippen LogP contribution in [0.1, 0.15) is 32.3 Å². The molecule has 2 nitrogen and oxygen atoms in total. The van der Waals surface area contributed by atoms with E-state index in [1.807, 2.05) is 30.3 Å². The van der Waals surface area contributed by atoms with Crippen molar-refractivity contribution >= 4 is 22.9 Å². The Kier molecular flexibility index (Phi) is 3.81. The molecule has 0 bridgehead atoms. The van der Waals surface area contributed by atoms with Crippen LogP contribution in [-0.4, -0.2) is 10.9 Å². The zero-order valence-electron chi connectivity index (χ0n) is 11.3. The number of hydrogen-bond acceptors (Lipinski definition) is 2. The van der Waals surface area contributed by atoms with Gasteiger partial charge in [0.1, 0.15) is 0 Å². The molecule has 1 aliphatic rings. The summed E-state index contributed by atoms with van der Waals surface area (Å²) in [5.74, 6) is 0. The van der Waals surface area contributed by atoms with Crippen LogP contribution in [0.3, 0.4) is 0 Å². The second-order valence-corrected chi connectivity index (χ2v) is 6.14. The number of nitrogens with zero attached hydrogens (tertiary/aromatic N) is 1. The first-order valence-electron chi connectivity index (χ1n) is 6.29. The molecule has 0 aromatic heterocycles. The van der Waals surface area contributed by atoms with Crippen molar-refractivity contribution in [2.75, 3.05) is 0 Å². The molecule has 0 unspecified atom stereocenters. The van der Waals surface area contributed by atoms with Crippen LogP contribution in [0.2, 0.25) is 5.02 Å². The molecule has 0 amide bonds. The van der Waals surface area contributed by atoms with Crippen molar-refractivity contribution in [3.63, 3.8) is 0 Å². The Balaban J connectivity index is 2.39. The van der Waals surface area contributed by atoms with E-state index in [4.69, 9.17) is 16.8 Å². The Bertz CT molecular complexity index is 570. The van der Waals surface area contributed by atoms with Gasteiger partial charge in [-0.1, -0.05) is 55.4 Å². The minimum atomic E-state index is 0.0653. The summed E-state index contributed by atoms with van der Waals surface area (Å²) in [4.78, 5) is 0. The molecule has 0 radical (unpaired) electrons. The number of oxime groups is 1. The van der Waals surface area contributed by atoms with E-state index in [2.05, 4.69) is 25.6 Å². The zero-order chi connectivity index (χ0) is 14.0. The summed E-state index contributed by atoms with van der Waals surface area (Å²) in [6, 6.07) is 7.67. The van der Waals surface area contributed by atoms with E-state index in [-0.39, 0.29) is 5.41 Å². The molecule has 0 atom stereocenters. The van der Waals surface area contributed by atoms with Crippen LogP contribution in [-0.2, 0) is 0 Å². The van der Waals surface area contributed by atoms with Gasteiger partial charge in [0.2, 0.25) is 0 Å². The highest BCUT2D eigenvalue weighted by Gasteiger charge is 2.28. The zero-order valence-corrected chi connectivity index (χ0v) is 12.0. The van der Waals surface area contributed by atoms with Gasteiger partial charge in [0.05, 0.1) is 5.71 Å². The lowest BCUT2D eigenvalue weighted by atomic mass is 9.74. The van der Waals surface area contributed by atoms with Crippen molar-refractivity contribution in [3.8, 4) is 0 Å². The molecule has 1 N–H and O–H groups in total. The lowest BCUT2D eigenvalue weighted by Gasteiger charge is -2.31. The van der Waals surface area contributed by atoms with Crippen molar-refractivity contribution in [1.82, 2.24) is 0 Å². The maximum atomic E-state index is 9.04. The molecule has 0 aliphatic heterocycles. The Labute approximate surface area is 119 Å². The average molecular weight is 276 g/mol. The lowest BCUT2D eigenvalue weighted by Crippen LogP contribution is -2.22. The van der Waals surface area contributed by atoms with Gasteiger partial charge in [0.15, 0.2) is 0 Å². The van der Waals surface area contributed by atoms with Gasteiger partial charge >= 0.3 is 0 Å². The van der Waals surface area contributed by atoms with Crippen molar-refractivity contribution in [1.29, 1.82) is 0 Å².